The molecule has 6 heteroatoms. The van der Waals surface area contributed by atoms with Crippen LogP contribution >= 0.6 is 24.0 Å². The molecule has 2 N–H and O–H groups in total. The molecule has 2 aliphatic rings. The van der Waals surface area contributed by atoms with Crippen LogP contribution in [0.25, 0.3) is 0 Å². The van der Waals surface area contributed by atoms with Gasteiger partial charge in [-0.2, -0.15) is 0 Å². The molecule has 1 aliphatic heterocycles. The summed E-state index contributed by atoms with van der Waals surface area (Å²) < 4.78 is 5.38. The Kier molecular flexibility index (Phi) is 9.26. The highest BCUT2D eigenvalue weighted by Crippen LogP contribution is 2.08. The zero-order valence-corrected chi connectivity index (χ0v) is 15.5. The maximum atomic E-state index is 5.38. The molecule has 21 heavy (non-hydrogen) atoms. The van der Waals surface area contributed by atoms with Gasteiger partial charge in [0.15, 0.2) is 5.96 Å². The van der Waals surface area contributed by atoms with Crippen LogP contribution < -0.4 is 10.6 Å². The fraction of sp³-hybridized carbons (Fsp3) is 0.800. The van der Waals surface area contributed by atoms with Crippen LogP contribution in [0.15, 0.2) is 17.1 Å². The quantitative estimate of drug-likeness (QED) is 0.313. The smallest absolute Gasteiger partial charge is 0.191 e. The lowest BCUT2D eigenvalue weighted by atomic mass is 10.1. The lowest BCUT2D eigenvalue weighted by molar-refractivity contribution is 0.0320. The minimum atomic E-state index is 0. The number of nitrogens with one attached hydrogen (secondary N) is 2. The van der Waals surface area contributed by atoms with Crippen molar-refractivity contribution in [3.63, 3.8) is 0 Å². The molecule has 1 fully saturated rings. The summed E-state index contributed by atoms with van der Waals surface area (Å²) in [6.07, 6.45) is 6.66. The third-order valence-corrected chi connectivity index (χ3v) is 3.86. The first kappa shape index (κ1) is 18.7. The van der Waals surface area contributed by atoms with Crippen LogP contribution in [0.2, 0.25) is 0 Å². The number of morpholine rings is 1. The summed E-state index contributed by atoms with van der Waals surface area (Å²) in [5.74, 6) is 1.53. The van der Waals surface area contributed by atoms with Crippen molar-refractivity contribution in [3.8, 4) is 0 Å². The lowest BCUT2D eigenvalue weighted by Gasteiger charge is -2.29. The highest BCUT2D eigenvalue weighted by atomic mass is 127. The van der Waals surface area contributed by atoms with Crippen molar-refractivity contribution in [3.05, 3.63) is 12.2 Å². The minimum Gasteiger partial charge on any atom is -0.379 e. The first-order valence-corrected chi connectivity index (χ1v) is 7.70. The number of rotatable bonds is 5. The summed E-state index contributed by atoms with van der Waals surface area (Å²) in [6.45, 7) is 8.23. The largest absolute Gasteiger partial charge is 0.379 e. The highest BCUT2D eigenvalue weighted by molar-refractivity contribution is 14.0. The average Bonchev–Trinajstić information content (AvgIpc) is 2.97. The molecule has 1 heterocycles. The van der Waals surface area contributed by atoms with Gasteiger partial charge in [-0.25, -0.2) is 0 Å². The number of hydrogen-bond acceptors (Lipinski definition) is 3. The Labute approximate surface area is 145 Å². The van der Waals surface area contributed by atoms with Crippen molar-refractivity contribution in [2.24, 2.45) is 10.9 Å². The Hall–Kier alpha value is -0.340. The molecule has 0 spiro atoms. The number of guanidine groups is 1. The summed E-state index contributed by atoms with van der Waals surface area (Å²) in [6, 6.07) is 0.510. The summed E-state index contributed by atoms with van der Waals surface area (Å²) >= 11 is 0. The van der Waals surface area contributed by atoms with E-state index >= 15 is 0 Å². The van der Waals surface area contributed by atoms with E-state index in [2.05, 4.69) is 39.6 Å². The number of aliphatic imine (C=N–C) groups is 1. The second-order valence-corrected chi connectivity index (χ2v) is 5.76. The van der Waals surface area contributed by atoms with Crippen molar-refractivity contribution in [2.75, 3.05) is 46.4 Å². The minimum absolute atomic E-state index is 0. The topological polar surface area (TPSA) is 48.9 Å². The van der Waals surface area contributed by atoms with Crippen LogP contribution in [0.3, 0.4) is 0 Å². The molecule has 1 saturated heterocycles. The predicted molar refractivity (Wildman–Crippen MR) is 98.5 cm³/mol. The summed E-state index contributed by atoms with van der Waals surface area (Å²) in [4.78, 5) is 6.78. The van der Waals surface area contributed by atoms with Gasteiger partial charge in [-0.3, -0.25) is 9.89 Å². The normalized spacial score (nSPS) is 21.9. The molecule has 0 aromatic carbocycles. The molecule has 0 amide bonds. The first-order valence-electron chi connectivity index (χ1n) is 7.70. The number of nitrogens with zero attached hydrogens (tertiary/aromatic N) is 2. The molecular weight excluding hydrogens is 379 g/mol. The van der Waals surface area contributed by atoms with E-state index in [1.54, 1.807) is 0 Å². The molecule has 0 bridgehead atoms. The standard InChI is InChI=1S/C15H28N4O.HI/c1-13(12-19-7-9-20-10-8-19)11-17-15(16-2)18-14-5-3-4-6-14;/h3-4,13-14H,5-12H2,1-2H3,(H2,16,17,18);1H. The van der Waals surface area contributed by atoms with Gasteiger partial charge in [0.2, 0.25) is 0 Å². The highest BCUT2D eigenvalue weighted by Gasteiger charge is 2.15. The maximum absolute atomic E-state index is 5.38. The van der Waals surface area contributed by atoms with E-state index < -0.39 is 0 Å². The van der Waals surface area contributed by atoms with Gasteiger partial charge in [0.1, 0.15) is 0 Å². The Morgan fingerprint density at radius 1 is 1.33 bits per heavy atom. The zero-order valence-electron chi connectivity index (χ0n) is 13.2. The maximum Gasteiger partial charge on any atom is 0.191 e. The fourth-order valence-corrected chi connectivity index (χ4v) is 2.68. The van der Waals surface area contributed by atoms with Gasteiger partial charge in [-0.05, 0) is 18.8 Å². The Balaban J connectivity index is 0.00000220. The van der Waals surface area contributed by atoms with E-state index in [4.69, 9.17) is 4.74 Å². The number of ether oxygens (including phenoxy) is 1. The van der Waals surface area contributed by atoms with E-state index in [1.165, 1.54) is 0 Å². The van der Waals surface area contributed by atoms with Gasteiger partial charge in [0.05, 0.1) is 13.2 Å². The molecule has 1 unspecified atom stereocenters. The van der Waals surface area contributed by atoms with Gasteiger partial charge in [-0.1, -0.05) is 19.1 Å². The van der Waals surface area contributed by atoms with E-state index in [9.17, 15) is 0 Å². The third kappa shape index (κ3) is 6.97. The monoisotopic (exact) mass is 408 g/mol. The van der Waals surface area contributed by atoms with Crippen LogP contribution in [-0.2, 0) is 4.74 Å². The van der Waals surface area contributed by atoms with Crippen molar-refractivity contribution < 1.29 is 4.74 Å². The van der Waals surface area contributed by atoms with Crippen molar-refractivity contribution in [2.45, 2.75) is 25.8 Å². The average molecular weight is 408 g/mol. The lowest BCUT2D eigenvalue weighted by Crippen LogP contribution is -2.46. The van der Waals surface area contributed by atoms with E-state index in [0.29, 0.717) is 12.0 Å². The van der Waals surface area contributed by atoms with Gasteiger partial charge < -0.3 is 15.4 Å². The van der Waals surface area contributed by atoms with Crippen molar-refractivity contribution >= 4 is 29.9 Å². The Morgan fingerprint density at radius 2 is 2.00 bits per heavy atom. The molecule has 2 rings (SSSR count). The Morgan fingerprint density at radius 3 is 2.62 bits per heavy atom. The molecular formula is C15H29IN4O. The molecule has 0 radical (unpaired) electrons. The summed E-state index contributed by atoms with van der Waals surface area (Å²) in [5, 5.41) is 6.91. The molecule has 0 aromatic rings. The van der Waals surface area contributed by atoms with Gasteiger partial charge in [0.25, 0.3) is 0 Å². The third-order valence-electron chi connectivity index (χ3n) is 3.86. The summed E-state index contributed by atoms with van der Waals surface area (Å²) in [5.41, 5.74) is 0. The van der Waals surface area contributed by atoms with Gasteiger partial charge >= 0.3 is 0 Å². The summed E-state index contributed by atoms with van der Waals surface area (Å²) in [7, 11) is 1.84. The SMILES string of the molecule is CN=C(NCC(C)CN1CCOCC1)NC1CC=CC1.I. The molecule has 1 atom stereocenters. The van der Waals surface area contributed by atoms with Crippen molar-refractivity contribution in [1.29, 1.82) is 0 Å². The van der Waals surface area contributed by atoms with Crippen LogP contribution in [-0.4, -0.2) is 63.3 Å². The van der Waals surface area contributed by atoms with E-state index in [0.717, 1.165) is 58.2 Å². The Bertz CT molecular complexity index is 335. The van der Waals surface area contributed by atoms with Gasteiger partial charge in [0, 0.05) is 39.3 Å². The van der Waals surface area contributed by atoms with Crippen LogP contribution in [0.5, 0.6) is 0 Å². The molecule has 0 aromatic heterocycles. The van der Waals surface area contributed by atoms with E-state index in [1.807, 2.05) is 7.05 Å². The number of hydrogen-bond donors (Lipinski definition) is 2. The van der Waals surface area contributed by atoms with Crippen molar-refractivity contribution in [1.82, 2.24) is 15.5 Å². The second kappa shape index (κ2) is 10.4. The van der Waals surface area contributed by atoms with Crippen LogP contribution in [0.1, 0.15) is 19.8 Å². The van der Waals surface area contributed by atoms with Gasteiger partial charge in [-0.15, -0.1) is 24.0 Å². The van der Waals surface area contributed by atoms with E-state index in [-0.39, 0.29) is 24.0 Å². The second-order valence-electron chi connectivity index (χ2n) is 5.76. The van der Waals surface area contributed by atoms with Crippen LogP contribution in [0, 0.1) is 5.92 Å². The zero-order chi connectivity index (χ0) is 14.2. The predicted octanol–water partition coefficient (Wildman–Crippen LogP) is 1.46. The molecule has 0 saturated carbocycles. The number of halogens is 1. The first-order chi connectivity index (χ1) is 9.78. The molecule has 1 aliphatic carbocycles. The molecule has 5 nitrogen and oxygen atoms in total. The fourth-order valence-electron chi connectivity index (χ4n) is 2.68. The molecule has 122 valence electrons. The van der Waals surface area contributed by atoms with Crippen LogP contribution in [0.4, 0.5) is 0 Å².